The number of hydrogen-bond donors (Lipinski definition) is 1. The Labute approximate surface area is 150 Å². The molecule has 0 spiro atoms. The van der Waals surface area contributed by atoms with E-state index in [1.54, 1.807) is 0 Å². The number of Topliss-reactive ketones (excluding diaryl/α,β-unsaturated/α-hetero) is 1. The number of benzene rings is 2. The largest absolute Gasteiger partial charge is 0.395 e. The molecule has 1 unspecified atom stereocenters. The van der Waals surface area contributed by atoms with Crippen molar-refractivity contribution in [2.45, 2.75) is 25.8 Å². The Bertz CT molecular complexity index is 589. The number of halogens is 1. The van der Waals surface area contributed by atoms with E-state index in [1.807, 2.05) is 60.7 Å². The van der Waals surface area contributed by atoms with Crippen molar-refractivity contribution < 1.29 is 9.90 Å². The van der Waals surface area contributed by atoms with Crippen LogP contribution in [-0.4, -0.2) is 35.5 Å². The normalized spacial score (nSPS) is 11.8. The number of aliphatic hydroxyl groups excluding tert-OH is 1. The smallest absolute Gasteiger partial charge is 0.184 e. The number of nitrogens with zero attached hydrogens (tertiary/aromatic N) is 1. The molecule has 3 nitrogen and oxygen atoms in total. The minimum Gasteiger partial charge on any atom is -0.395 e. The molecule has 0 radical (unpaired) electrons. The summed E-state index contributed by atoms with van der Waals surface area (Å²) < 4.78 is 0. The van der Waals surface area contributed by atoms with Gasteiger partial charge in [-0.05, 0) is 18.5 Å². The molecule has 2 aromatic carbocycles. The van der Waals surface area contributed by atoms with Crippen LogP contribution in [0.1, 0.15) is 41.7 Å². The van der Waals surface area contributed by atoms with Crippen molar-refractivity contribution >= 4 is 18.2 Å². The van der Waals surface area contributed by atoms with Gasteiger partial charge in [-0.25, -0.2) is 0 Å². The molecular weight excluding hydrogens is 322 g/mol. The molecule has 24 heavy (non-hydrogen) atoms. The van der Waals surface area contributed by atoms with E-state index in [-0.39, 0.29) is 30.8 Å². The van der Waals surface area contributed by atoms with Gasteiger partial charge in [0.1, 0.15) is 0 Å². The quantitative estimate of drug-likeness (QED) is 0.693. The third-order valence-electron chi connectivity index (χ3n) is 3.97. The van der Waals surface area contributed by atoms with Crippen LogP contribution in [-0.2, 0) is 0 Å². The number of hydrogen-bond acceptors (Lipinski definition) is 3. The lowest BCUT2D eigenvalue weighted by atomic mass is 9.95. The highest BCUT2D eigenvalue weighted by Gasteiger charge is 2.27. The summed E-state index contributed by atoms with van der Waals surface area (Å²) in [5, 5.41) is 9.43. The average molecular weight is 348 g/mol. The van der Waals surface area contributed by atoms with Crippen LogP contribution >= 0.6 is 12.4 Å². The fraction of sp³-hybridized carbons (Fsp3) is 0.350. The number of rotatable bonds is 9. The molecule has 0 bridgehead atoms. The first-order valence-electron chi connectivity index (χ1n) is 8.27. The maximum atomic E-state index is 13.1. The van der Waals surface area contributed by atoms with Gasteiger partial charge in [-0.1, -0.05) is 74.0 Å². The van der Waals surface area contributed by atoms with Gasteiger partial charge in [0.25, 0.3) is 0 Å². The van der Waals surface area contributed by atoms with E-state index < -0.39 is 0 Å². The molecule has 0 saturated heterocycles. The minimum absolute atomic E-state index is 0. The highest BCUT2D eigenvalue weighted by Crippen LogP contribution is 2.25. The first kappa shape index (κ1) is 20.4. The molecule has 0 amide bonds. The van der Waals surface area contributed by atoms with Crippen LogP contribution < -0.4 is 0 Å². The molecule has 0 aliphatic carbocycles. The molecule has 2 rings (SSSR count). The van der Waals surface area contributed by atoms with E-state index >= 15 is 0 Å². The first-order valence-corrected chi connectivity index (χ1v) is 8.27. The zero-order valence-electron chi connectivity index (χ0n) is 14.1. The van der Waals surface area contributed by atoms with Crippen LogP contribution in [0.25, 0.3) is 0 Å². The Hall–Kier alpha value is -1.68. The zero-order valence-corrected chi connectivity index (χ0v) is 14.9. The summed E-state index contributed by atoms with van der Waals surface area (Å²) in [6.07, 6.45) is 2.06. The van der Waals surface area contributed by atoms with Gasteiger partial charge in [-0.3, -0.25) is 9.69 Å². The third-order valence-corrected chi connectivity index (χ3v) is 3.97. The molecule has 1 N–H and O–H groups in total. The molecule has 0 aliphatic rings. The minimum atomic E-state index is -0.350. The summed E-state index contributed by atoms with van der Waals surface area (Å²) in [4.78, 5) is 15.2. The molecule has 0 heterocycles. The lowest BCUT2D eigenvalue weighted by Gasteiger charge is -2.30. The Morgan fingerprint density at radius 2 is 1.58 bits per heavy atom. The van der Waals surface area contributed by atoms with Crippen LogP contribution in [0.4, 0.5) is 0 Å². The summed E-state index contributed by atoms with van der Waals surface area (Å²) in [5.74, 6) is 0.0846. The SMILES string of the molecule is CCCCN(CCO)C(C(=O)c1ccccc1)c1ccccc1.Cl. The Morgan fingerprint density at radius 1 is 1.00 bits per heavy atom. The Balaban J connectivity index is 0.00000288. The van der Waals surface area contributed by atoms with Crippen molar-refractivity contribution in [3.05, 3.63) is 71.8 Å². The maximum absolute atomic E-state index is 13.1. The van der Waals surface area contributed by atoms with E-state index in [4.69, 9.17) is 0 Å². The molecule has 0 saturated carbocycles. The molecule has 1 atom stereocenters. The number of aliphatic hydroxyl groups is 1. The summed E-state index contributed by atoms with van der Waals surface area (Å²) in [5.41, 5.74) is 1.69. The second-order valence-corrected chi connectivity index (χ2v) is 5.66. The summed E-state index contributed by atoms with van der Waals surface area (Å²) in [6.45, 7) is 3.48. The Kier molecular flexibility index (Phi) is 9.31. The predicted molar refractivity (Wildman–Crippen MR) is 101 cm³/mol. The number of unbranched alkanes of at least 4 members (excludes halogenated alkanes) is 1. The standard InChI is InChI=1S/C20H25NO2.ClH/c1-2-3-14-21(15-16-22)19(17-10-6-4-7-11-17)20(23)18-12-8-5-9-13-18;/h4-13,19,22H,2-3,14-16H2,1H3;1H. The zero-order chi connectivity index (χ0) is 16.5. The first-order chi connectivity index (χ1) is 11.3. The third kappa shape index (κ3) is 5.45. The molecule has 130 valence electrons. The molecule has 0 aliphatic heterocycles. The second kappa shape index (κ2) is 11.0. The van der Waals surface area contributed by atoms with Crippen LogP contribution in [0, 0.1) is 0 Å². The molecule has 0 aromatic heterocycles. The van der Waals surface area contributed by atoms with E-state index in [9.17, 15) is 9.90 Å². The fourth-order valence-corrected chi connectivity index (χ4v) is 2.78. The molecule has 4 heteroatoms. The van der Waals surface area contributed by atoms with Gasteiger partial charge in [0.15, 0.2) is 5.78 Å². The number of carbonyl (C=O) groups excluding carboxylic acids is 1. The Morgan fingerprint density at radius 3 is 2.12 bits per heavy atom. The van der Waals surface area contributed by atoms with Crippen molar-refractivity contribution in [1.29, 1.82) is 0 Å². The van der Waals surface area contributed by atoms with Gasteiger partial charge in [0.2, 0.25) is 0 Å². The van der Waals surface area contributed by atoms with Crippen LogP contribution in [0.5, 0.6) is 0 Å². The predicted octanol–water partition coefficient (Wildman–Crippen LogP) is 4.13. The van der Waals surface area contributed by atoms with E-state index in [1.165, 1.54) is 0 Å². The monoisotopic (exact) mass is 347 g/mol. The topological polar surface area (TPSA) is 40.5 Å². The average Bonchev–Trinajstić information content (AvgIpc) is 2.61. The lowest BCUT2D eigenvalue weighted by Crippen LogP contribution is -2.37. The van der Waals surface area contributed by atoms with Gasteiger partial charge >= 0.3 is 0 Å². The van der Waals surface area contributed by atoms with Crippen LogP contribution in [0.15, 0.2) is 60.7 Å². The van der Waals surface area contributed by atoms with Crippen molar-refractivity contribution in [2.75, 3.05) is 19.7 Å². The summed E-state index contributed by atoms with van der Waals surface area (Å²) in [7, 11) is 0. The summed E-state index contributed by atoms with van der Waals surface area (Å²) in [6, 6.07) is 18.9. The summed E-state index contributed by atoms with van der Waals surface area (Å²) >= 11 is 0. The molecule has 0 fully saturated rings. The van der Waals surface area contributed by atoms with E-state index in [2.05, 4.69) is 11.8 Å². The highest BCUT2D eigenvalue weighted by molar-refractivity contribution is 6.00. The van der Waals surface area contributed by atoms with Gasteiger partial charge < -0.3 is 5.11 Å². The molecular formula is C20H26ClNO2. The van der Waals surface area contributed by atoms with E-state index in [0.717, 1.165) is 24.9 Å². The van der Waals surface area contributed by atoms with Crippen LogP contribution in [0.3, 0.4) is 0 Å². The fourth-order valence-electron chi connectivity index (χ4n) is 2.78. The highest BCUT2D eigenvalue weighted by atomic mass is 35.5. The van der Waals surface area contributed by atoms with Gasteiger partial charge in [0.05, 0.1) is 12.6 Å². The molecule has 2 aromatic rings. The van der Waals surface area contributed by atoms with Gasteiger partial charge in [-0.15, -0.1) is 12.4 Å². The van der Waals surface area contributed by atoms with Crippen molar-refractivity contribution in [3.63, 3.8) is 0 Å². The van der Waals surface area contributed by atoms with Crippen molar-refractivity contribution in [3.8, 4) is 0 Å². The lowest BCUT2D eigenvalue weighted by molar-refractivity contribution is 0.0779. The second-order valence-electron chi connectivity index (χ2n) is 5.66. The number of carbonyl (C=O) groups is 1. The maximum Gasteiger partial charge on any atom is 0.184 e. The number of ketones is 1. The van der Waals surface area contributed by atoms with Gasteiger partial charge in [0, 0.05) is 12.1 Å². The van der Waals surface area contributed by atoms with Crippen molar-refractivity contribution in [2.24, 2.45) is 0 Å². The van der Waals surface area contributed by atoms with Gasteiger partial charge in [-0.2, -0.15) is 0 Å². The van der Waals surface area contributed by atoms with E-state index in [0.29, 0.717) is 12.1 Å². The van der Waals surface area contributed by atoms with Crippen LogP contribution in [0.2, 0.25) is 0 Å². The van der Waals surface area contributed by atoms with Crippen molar-refractivity contribution in [1.82, 2.24) is 4.90 Å².